The van der Waals surface area contributed by atoms with Crippen molar-refractivity contribution in [1.29, 1.82) is 0 Å². The highest BCUT2D eigenvalue weighted by Gasteiger charge is 2.40. The Morgan fingerprint density at radius 3 is 1.87 bits per heavy atom. The molecule has 0 unspecified atom stereocenters. The van der Waals surface area contributed by atoms with Gasteiger partial charge in [-0.2, -0.15) is 0 Å². The quantitative estimate of drug-likeness (QED) is 0.723. The van der Waals surface area contributed by atoms with Crippen LogP contribution in [-0.2, 0) is 9.59 Å². The normalized spacial score (nSPS) is 18.9. The Morgan fingerprint density at radius 1 is 0.871 bits per heavy atom. The zero-order valence-electron chi connectivity index (χ0n) is 18.1. The van der Waals surface area contributed by atoms with Crippen molar-refractivity contribution in [2.45, 2.75) is 44.6 Å². The van der Waals surface area contributed by atoms with E-state index >= 15 is 0 Å². The van der Waals surface area contributed by atoms with Crippen molar-refractivity contribution < 1.29 is 19.6 Å². The standard InChI is InChI=1S/C26H32N2O3/c29-23(19-26(20-24(30)31)13-7-8-14-26)27-15-17-28(18-16-27)25(21-9-3-1-4-10-21)22-11-5-2-6-12-22/h1-6,9-12,25H,7-8,13-20H2,(H,30,31)/p+1. The van der Waals surface area contributed by atoms with E-state index in [4.69, 9.17) is 0 Å². The lowest BCUT2D eigenvalue weighted by atomic mass is 9.79. The van der Waals surface area contributed by atoms with Crippen LogP contribution in [0.1, 0.15) is 55.7 Å². The third-order valence-corrected chi connectivity index (χ3v) is 7.15. The first kappa shape index (κ1) is 21.6. The predicted molar refractivity (Wildman–Crippen MR) is 120 cm³/mol. The number of hydrogen-bond donors (Lipinski definition) is 2. The summed E-state index contributed by atoms with van der Waals surface area (Å²) in [5.74, 6) is -0.643. The monoisotopic (exact) mass is 421 g/mol. The van der Waals surface area contributed by atoms with E-state index in [1.807, 2.05) is 17.0 Å². The number of carboxylic acid groups (broad SMARTS) is 1. The topological polar surface area (TPSA) is 62.0 Å². The lowest BCUT2D eigenvalue weighted by molar-refractivity contribution is -0.929. The van der Waals surface area contributed by atoms with Gasteiger partial charge in [0.2, 0.25) is 5.91 Å². The summed E-state index contributed by atoms with van der Waals surface area (Å²) in [7, 11) is 0. The van der Waals surface area contributed by atoms with E-state index in [-0.39, 0.29) is 23.8 Å². The third kappa shape index (κ3) is 5.16. The second kappa shape index (κ2) is 9.65. The molecule has 0 atom stereocenters. The fourth-order valence-corrected chi connectivity index (χ4v) is 5.58. The summed E-state index contributed by atoms with van der Waals surface area (Å²) in [6.45, 7) is 3.25. The van der Waals surface area contributed by atoms with Crippen molar-refractivity contribution in [3.63, 3.8) is 0 Å². The minimum absolute atomic E-state index is 0.119. The molecule has 0 aromatic heterocycles. The van der Waals surface area contributed by atoms with E-state index < -0.39 is 5.97 Å². The molecule has 1 aliphatic heterocycles. The Kier molecular flexibility index (Phi) is 6.71. The zero-order valence-corrected chi connectivity index (χ0v) is 18.1. The summed E-state index contributed by atoms with van der Waals surface area (Å²) in [5, 5.41) is 9.35. The number of nitrogens with zero attached hydrogens (tertiary/aromatic N) is 1. The van der Waals surface area contributed by atoms with Gasteiger partial charge in [-0.1, -0.05) is 73.5 Å². The van der Waals surface area contributed by atoms with Crippen LogP contribution < -0.4 is 4.90 Å². The highest BCUT2D eigenvalue weighted by Crippen LogP contribution is 2.44. The number of aliphatic carboxylic acids is 1. The molecule has 0 radical (unpaired) electrons. The fourth-order valence-electron chi connectivity index (χ4n) is 5.58. The van der Waals surface area contributed by atoms with Crippen LogP contribution in [0.2, 0.25) is 0 Å². The van der Waals surface area contributed by atoms with Gasteiger partial charge in [0.25, 0.3) is 0 Å². The van der Waals surface area contributed by atoms with Crippen LogP contribution in [0.3, 0.4) is 0 Å². The molecule has 164 valence electrons. The molecule has 31 heavy (non-hydrogen) atoms. The van der Waals surface area contributed by atoms with Gasteiger partial charge < -0.3 is 14.9 Å². The van der Waals surface area contributed by atoms with E-state index in [0.717, 1.165) is 51.9 Å². The average Bonchev–Trinajstić information content (AvgIpc) is 3.23. The molecule has 5 nitrogen and oxygen atoms in total. The first-order valence-electron chi connectivity index (χ1n) is 11.5. The van der Waals surface area contributed by atoms with Gasteiger partial charge in [0.15, 0.2) is 0 Å². The number of nitrogens with one attached hydrogen (secondary N) is 1. The molecule has 2 aromatic carbocycles. The Labute approximate surface area is 184 Å². The molecule has 0 spiro atoms. The van der Waals surface area contributed by atoms with Crippen molar-refractivity contribution in [3.8, 4) is 0 Å². The minimum atomic E-state index is -0.780. The Hall–Kier alpha value is -2.66. The average molecular weight is 422 g/mol. The van der Waals surface area contributed by atoms with Crippen molar-refractivity contribution in [1.82, 2.24) is 4.90 Å². The molecule has 2 aliphatic rings. The van der Waals surface area contributed by atoms with E-state index in [2.05, 4.69) is 48.5 Å². The number of rotatable bonds is 7. The molecule has 2 aromatic rings. The Bertz CT molecular complexity index is 831. The molecular weight excluding hydrogens is 388 g/mol. The van der Waals surface area contributed by atoms with E-state index in [0.29, 0.717) is 6.42 Å². The van der Waals surface area contributed by atoms with Gasteiger partial charge in [0, 0.05) is 17.5 Å². The molecule has 1 saturated heterocycles. The molecular formula is C26H33N2O3+. The van der Waals surface area contributed by atoms with Crippen molar-refractivity contribution >= 4 is 11.9 Å². The van der Waals surface area contributed by atoms with Crippen LogP contribution in [0.15, 0.2) is 60.7 Å². The summed E-state index contributed by atoms with van der Waals surface area (Å²) in [5.41, 5.74) is 2.27. The van der Waals surface area contributed by atoms with E-state index in [9.17, 15) is 14.7 Å². The molecule has 1 heterocycles. The second-order valence-corrected chi connectivity index (χ2v) is 9.25. The summed E-state index contributed by atoms with van der Waals surface area (Å²) >= 11 is 0. The van der Waals surface area contributed by atoms with Crippen LogP contribution >= 0.6 is 0 Å². The summed E-state index contributed by atoms with van der Waals surface area (Å²) < 4.78 is 0. The lowest BCUT2D eigenvalue weighted by Crippen LogP contribution is -3.15. The van der Waals surface area contributed by atoms with Gasteiger partial charge in [-0.25, -0.2) is 0 Å². The van der Waals surface area contributed by atoms with Gasteiger partial charge in [-0.05, 0) is 18.3 Å². The number of quaternary nitrogens is 1. The predicted octanol–water partition coefficient (Wildman–Crippen LogP) is 2.93. The summed E-state index contributed by atoms with van der Waals surface area (Å²) in [4.78, 5) is 27.9. The molecule has 4 rings (SSSR count). The number of carbonyl (C=O) groups is 2. The first-order chi connectivity index (χ1) is 15.1. The largest absolute Gasteiger partial charge is 0.481 e. The molecule has 5 heteroatoms. The SMILES string of the molecule is O=C(O)CC1(CC(=O)N2CC[NH+](C(c3ccccc3)c3ccccc3)CC2)CCCC1. The maximum Gasteiger partial charge on any atom is 0.303 e. The lowest BCUT2D eigenvalue weighted by Gasteiger charge is -2.38. The van der Waals surface area contributed by atoms with Gasteiger partial charge in [-0.3, -0.25) is 9.59 Å². The number of piperazine rings is 1. The molecule has 2 fully saturated rings. The smallest absolute Gasteiger partial charge is 0.303 e. The number of hydrogen-bond acceptors (Lipinski definition) is 2. The Balaban J connectivity index is 1.43. The van der Waals surface area contributed by atoms with Gasteiger partial charge in [0.05, 0.1) is 32.6 Å². The maximum atomic E-state index is 13.1. The minimum Gasteiger partial charge on any atom is -0.481 e. The summed E-state index contributed by atoms with van der Waals surface area (Å²) in [6, 6.07) is 21.5. The van der Waals surface area contributed by atoms with Crippen molar-refractivity contribution in [2.75, 3.05) is 26.2 Å². The molecule has 1 amide bonds. The first-order valence-corrected chi connectivity index (χ1v) is 11.5. The summed E-state index contributed by atoms with van der Waals surface area (Å²) in [6.07, 6.45) is 4.30. The van der Waals surface area contributed by atoms with Crippen molar-refractivity contribution in [2.24, 2.45) is 5.41 Å². The molecule has 0 bridgehead atoms. The molecule has 1 saturated carbocycles. The second-order valence-electron chi connectivity index (χ2n) is 9.25. The van der Waals surface area contributed by atoms with Crippen LogP contribution in [-0.4, -0.2) is 48.1 Å². The maximum absolute atomic E-state index is 13.1. The number of carbonyl (C=O) groups excluding carboxylic acids is 1. The number of benzene rings is 2. The zero-order chi connectivity index (χ0) is 21.7. The van der Waals surface area contributed by atoms with Gasteiger partial charge in [0.1, 0.15) is 6.04 Å². The van der Waals surface area contributed by atoms with Gasteiger partial charge in [-0.15, -0.1) is 0 Å². The molecule has 1 aliphatic carbocycles. The van der Waals surface area contributed by atoms with E-state index in [1.54, 1.807) is 0 Å². The van der Waals surface area contributed by atoms with Crippen LogP contribution in [0.25, 0.3) is 0 Å². The van der Waals surface area contributed by atoms with Crippen LogP contribution in [0.4, 0.5) is 0 Å². The van der Waals surface area contributed by atoms with Crippen LogP contribution in [0, 0.1) is 5.41 Å². The highest BCUT2D eigenvalue weighted by atomic mass is 16.4. The number of carboxylic acids is 1. The fraction of sp³-hybridized carbons (Fsp3) is 0.462. The highest BCUT2D eigenvalue weighted by molar-refractivity contribution is 5.78. The Morgan fingerprint density at radius 2 is 1.39 bits per heavy atom. The molecule has 2 N–H and O–H groups in total. The number of amides is 1. The third-order valence-electron chi connectivity index (χ3n) is 7.15. The van der Waals surface area contributed by atoms with Crippen LogP contribution in [0.5, 0.6) is 0 Å². The van der Waals surface area contributed by atoms with Gasteiger partial charge >= 0.3 is 5.97 Å². The van der Waals surface area contributed by atoms with Crippen molar-refractivity contribution in [3.05, 3.63) is 71.8 Å². The van der Waals surface area contributed by atoms with E-state index in [1.165, 1.54) is 16.0 Å².